The monoisotopic (exact) mass is 243 g/mol. The molecule has 0 aromatic carbocycles. The molecule has 0 unspecified atom stereocenters. The molecule has 3 nitrogen and oxygen atoms in total. The smallest absolute Gasteiger partial charge is 0.352 e. The second-order valence-electron chi connectivity index (χ2n) is 3.44. The summed E-state index contributed by atoms with van der Waals surface area (Å²) in [7, 11) is 0. The summed E-state index contributed by atoms with van der Waals surface area (Å²) < 4.78 is 2.65. The van der Waals surface area contributed by atoms with Gasteiger partial charge >= 0.3 is 5.97 Å². The van der Waals surface area contributed by atoms with Crippen molar-refractivity contribution in [2.45, 2.75) is 19.4 Å². The highest BCUT2D eigenvalue weighted by molar-refractivity contribution is 9.10. The van der Waals surface area contributed by atoms with Gasteiger partial charge in [-0.2, -0.15) is 0 Å². The van der Waals surface area contributed by atoms with Crippen LogP contribution in [0.15, 0.2) is 16.7 Å². The van der Waals surface area contributed by atoms with Crippen LogP contribution in [0.25, 0.3) is 0 Å². The van der Waals surface area contributed by atoms with Crippen molar-refractivity contribution in [3.05, 3.63) is 22.4 Å². The van der Waals surface area contributed by atoms with Crippen molar-refractivity contribution in [1.82, 2.24) is 4.57 Å². The van der Waals surface area contributed by atoms with E-state index in [4.69, 9.17) is 5.11 Å². The highest BCUT2D eigenvalue weighted by Gasteiger charge is 2.23. The molecule has 13 heavy (non-hydrogen) atoms. The molecule has 1 saturated carbocycles. The molecule has 0 radical (unpaired) electrons. The van der Waals surface area contributed by atoms with Crippen LogP contribution in [0.3, 0.4) is 0 Å². The maximum absolute atomic E-state index is 10.8. The van der Waals surface area contributed by atoms with Crippen LogP contribution >= 0.6 is 15.9 Å². The minimum Gasteiger partial charge on any atom is -0.477 e. The summed E-state index contributed by atoms with van der Waals surface area (Å²) >= 11 is 3.28. The van der Waals surface area contributed by atoms with Gasteiger partial charge in [0, 0.05) is 17.2 Å². The summed E-state index contributed by atoms with van der Waals surface area (Å²) in [6.07, 6.45) is 4.30. The van der Waals surface area contributed by atoms with Crippen molar-refractivity contribution in [2.75, 3.05) is 0 Å². The van der Waals surface area contributed by atoms with Gasteiger partial charge in [0.15, 0.2) is 0 Å². The highest BCUT2D eigenvalue weighted by Crippen LogP contribution is 2.31. The zero-order valence-corrected chi connectivity index (χ0v) is 8.62. The molecule has 0 atom stereocenters. The fourth-order valence-corrected chi connectivity index (χ4v) is 1.85. The minimum absolute atomic E-state index is 0.374. The van der Waals surface area contributed by atoms with Crippen molar-refractivity contribution in [1.29, 1.82) is 0 Å². The lowest BCUT2D eigenvalue weighted by Gasteiger charge is -2.03. The molecule has 1 aromatic heterocycles. The second-order valence-corrected chi connectivity index (χ2v) is 4.36. The lowest BCUT2D eigenvalue weighted by molar-refractivity contribution is 0.0684. The molecule has 1 fully saturated rings. The molecule has 0 spiro atoms. The molecule has 0 saturated heterocycles. The van der Waals surface area contributed by atoms with Gasteiger partial charge in [0.25, 0.3) is 0 Å². The number of carboxylic acid groups (broad SMARTS) is 1. The van der Waals surface area contributed by atoms with Gasteiger partial charge in [0.2, 0.25) is 0 Å². The van der Waals surface area contributed by atoms with Crippen molar-refractivity contribution in [2.24, 2.45) is 5.92 Å². The molecule has 4 heteroatoms. The Balaban J connectivity index is 2.24. The van der Waals surface area contributed by atoms with E-state index in [9.17, 15) is 4.79 Å². The number of nitrogens with zero attached hydrogens (tertiary/aromatic N) is 1. The van der Waals surface area contributed by atoms with E-state index in [1.807, 2.05) is 10.8 Å². The number of hydrogen-bond donors (Lipinski definition) is 1. The molecule has 1 aliphatic rings. The first-order valence-corrected chi connectivity index (χ1v) is 5.05. The molecular weight excluding hydrogens is 234 g/mol. The fraction of sp³-hybridized carbons (Fsp3) is 0.444. The van der Waals surface area contributed by atoms with Crippen LogP contribution in [0.4, 0.5) is 0 Å². The third-order valence-electron chi connectivity index (χ3n) is 2.23. The Bertz CT molecular complexity index is 341. The molecule has 1 heterocycles. The van der Waals surface area contributed by atoms with Crippen LogP contribution in [-0.4, -0.2) is 15.6 Å². The van der Waals surface area contributed by atoms with Crippen LogP contribution in [0, 0.1) is 5.92 Å². The standard InChI is InChI=1S/C9H10BrNO2/c10-7-3-8(9(12)13)11(5-7)4-6-1-2-6/h3,5-6H,1-2,4H2,(H,12,13). The SMILES string of the molecule is O=C(O)c1cc(Br)cn1CC1CC1. The van der Waals surface area contributed by atoms with E-state index in [0.29, 0.717) is 11.6 Å². The summed E-state index contributed by atoms with van der Waals surface area (Å²) in [6.45, 7) is 0.841. The van der Waals surface area contributed by atoms with E-state index >= 15 is 0 Å². The zero-order chi connectivity index (χ0) is 9.42. The topological polar surface area (TPSA) is 42.2 Å². The van der Waals surface area contributed by atoms with E-state index in [0.717, 1.165) is 11.0 Å². The fourth-order valence-electron chi connectivity index (χ4n) is 1.38. The lowest BCUT2D eigenvalue weighted by Crippen LogP contribution is -2.08. The Kier molecular flexibility index (Phi) is 2.15. The van der Waals surface area contributed by atoms with Gasteiger partial charge in [0.1, 0.15) is 5.69 Å². The molecule has 70 valence electrons. The van der Waals surface area contributed by atoms with Crippen molar-refractivity contribution in [3.8, 4) is 0 Å². The zero-order valence-electron chi connectivity index (χ0n) is 7.03. The first-order valence-electron chi connectivity index (χ1n) is 4.26. The Morgan fingerprint density at radius 2 is 2.38 bits per heavy atom. The summed E-state index contributed by atoms with van der Waals surface area (Å²) in [5, 5.41) is 8.87. The highest BCUT2D eigenvalue weighted by atomic mass is 79.9. The predicted octanol–water partition coefficient (Wildman–Crippen LogP) is 2.36. The molecule has 1 aliphatic carbocycles. The van der Waals surface area contributed by atoms with Crippen LogP contribution in [0.5, 0.6) is 0 Å². The molecular formula is C9H10BrNO2. The van der Waals surface area contributed by atoms with Crippen molar-refractivity contribution >= 4 is 21.9 Å². The first kappa shape index (κ1) is 8.81. The largest absolute Gasteiger partial charge is 0.477 e. The second kappa shape index (κ2) is 3.18. The number of rotatable bonds is 3. The van der Waals surface area contributed by atoms with Crippen LogP contribution in [-0.2, 0) is 6.54 Å². The Morgan fingerprint density at radius 1 is 1.69 bits per heavy atom. The summed E-state index contributed by atoms with van der Waals surface area (Å²) in [5.41, 5.74) is 0.374. The number of aromatic carboxylic acids is 1. The van der Waals surface area contributed by atoms with Crippen LogP contribution < -0.4 is 0 Å². The van der Waals surface area contributed by atoms with Gasteiger partial charge in [-0.1, -0.05) is 0 Å². The van der Waals surface area contributed by atoms with Crippen molar-refractivity contribution < 1.29 is 9.90 Å². The van der Waals surface area contributed by atoms with Crippen molar-refractivity contribution in [3.63, 3.8) is 0 Å². The van der Waals surface area contributed by atoms with E-state index in [1.54, 1.807) is 6.07 Å². The first-order chi connectivity index (χ1) is 6.16. The van der Waals surface area contributed by atoms with Gasteiger partial charge in [-0.25, -0.2) is 4.79 Å². The average molecular weight is 244 g/mol. The van der Waals surface area contributed by atoms with E-state index in [1.165, 1.54) is 12.8 Å². The van der Waals surface area contributed by atoms with Gasteiger partial charge in [-0.3, -0.25) is 0 Å². The maximum atomic E-state index is 10.8. The number of carbonyl (C=O) groups is 1. The Hall–Kier alpha value is -0.770. The van der Waals surface area contributed by atoms with E-state index in [2.05, 4.69) is 15.9 Å². The van der Waals surface area contributed by atoms with Crippen LogP contribution in [0.1, 0.15) is 23.3 Å². The summed E-state index contributed by atoms with van der Waals surface area (Å²) in [4.78, 5) is 10.8. The maximum Gasteiger partial charge on any atom is 0.352 e. The van der Waals surface area contributed by atoms with Crippen LogP contribution in [0.2, 0.25) is 0 Å². The quantitative estimate of drug-likeness (QED) is 0.886. The van der Waals surface area contributed by atoms with E-state index < -0.39 is 5.97 Å². The van der Waals surface area contributed by atoms with Gasteiger partial charge in [0.05, 0.1) is 0 Å². The third-order valence-corrected chi connectivity index (χ3v) is 2.67. The van der Waals surface area contributed by atoms with Gasteiger partial charge in [-0.15, -0.1) is 0 Å². The minimum atomic E-state index is -0.855. The molecule has 2 rings (SSSR count). The lowest BCUT2D eigenvalue weighted by atomic mass is 10.4. The summed E-state index contributed by atoms with van der Waals surface area (Å²) in [5.74, 6) is -0.163. The molecule has 0 aliphatic heterocycles. The molecule has 0 amide bonds. The van der Waals surface area contributed by atoms with Gasteiger partial charge in [-0.05, 0) is 40.8 Å². The number of aromatic nitrogens is 1. The van der Waals surface area contributed by atoms with Gasteiger partial charge < -0.3 is 9.67 Å². The molecule has 0 bridgehead atoms. The number of carboxylic acids is 1. The molecule has 1 N–H and O–H groups in total. The normalized spacial score (nSPS) is 16.1. The number of hydrogen-bond acceptors (Lipinski definition) is 1. The predicted molar refractivity (Wildman–Crippen MR) is 51.8 cm³/mol. The Labute approximate surface area is 84.5 Å². The average Bonchev–Trinajstić information content (AvgIpc) is 2.75. The van der Waals surface area contributed by atoms with E-state index in [-0.39, 0.29) is 0 Å². The number of halogens is 1. The molecule has 1 aromatic rings. The Morgan fingerprint density at radius 3 is 2.92 bits per heavy atom. The third kappa shape index (κ3) is 1.94. The summed E-state index contributed by atoms with van der Waals surface area (Å²) in [6, 6.07) is 1.64.